The molecule has 0 radical (unpaired) electrons. The van der Waals surface area contributed by atoms with Gasteiger partial charge in [0.1, 0.15) is 0 Å². The molecule has 0 aliphatic rings. The van der Waals surface area contributed by atoms with E-state index in [9.17, 15) is 10.1 Å². The summed E-state index contributed by atoms with van der Waals surface area (Å²) in [7, 11) is 0. The van der Waals surface area contributed by atoms with E-state index in [1.165, 1.54) is 6.20 Å². The number of nitro groups is 1. The Bertz CT molecular complexity index is 316. The highest BCUT2D eigenvalue weighted by molar-refractivity contribution is 6.17. The Morgan fingerprint density at radius 1 is 1.67 bits per heavy atom. The Kier molecular flexibility index (Phi) is 2.44. The van der Waals surface area contributed by atoms with Crippen molar-refractivity contribution in [3.63, 3.8) is 0 Å². The third-order valence-corrected chi connectivity index (χ3v) is 1.59. The van der Waals surface area contributed by atoms with E-state index in [2.05, 4.69) is 4.98 Å². The standard InChI is InChI=1S/C6H5ClN2O3/c7-1-4-2-8-3-5(10)6(4)9(11)12/h2-3,10H,1H2. The average molecular weight is 189 g/mol. The lowest BCUT2D eigenvalue weighted by Gasteiger charge is -1.98. The number of aromatic nitrogens is 1. The van der Waals surface area contributed by atoms with Crippen LogP contribution in [0.3, 0.4) is 0 Å². The molecule has 1 heterocycles. The van der Waals surface area contributed by atoms with Gasteiger partial charge in [0.15, 0.2) is 0 Å². The summed E-state index contributed by atoms with van der Waals surface area (Å²) in [5.74, 6) is -0.504. The Hall–Kier alpha value is -1.36. The van der Waals surface area contributed by atoms with E-state index < -0.39 is 10.7 Å². The molecule has 5 nitrogen and oxygen atoms in total. The fraction of sp³-hybridized carbons (Fsp3) is 0.167. The van der Waals surface area contributed by atoms with E-state index in [-0.39, 0.29) is 17.1 Å². The summed E-state index contributed by atoms with van der Waals surface area (Å²) < 4.78 is 0. The monoisotopic (exact) mass is 188 g/mol. The number of aromatic hydroxyl groups is 1. The maximum Gasteiger partial charge on any atom is 0.318 e. The van der Waals surface area contributed by atoms with Crippen molar-refractivity contribution >= 4 is 17.3 Å². The zero-order valence-electron chi connectivity index (χ0n) is 5.90. The molecule has 0 bridgehead atoms. The topological polar surface area (TPSA) is 76.3 Å². The van der Waals surface area contributed by atoms with Crippen LogP contribution in [0.2, 0.25) is 0 Å². The van der Waals surface area contributed by atoms with Gasteiger partial charge in [-0.1, -0.05) is 0 Å². The molecule has 0 spiro atoms. The second-order valence-electron chi connectivity index (χ2n) is 2.06. The normalized spacial score (nSPS) is 9.75. The number of hydrogen-bond donors (Lipinski definition) is 1. The van der Waals surface area contributed by atoms with Gasteiger partial charge in [-0.25, -0.2) is 0 Å². The van der Waals surface area contributed by atoms with Crippen LogP contribution < -0.4 is 0 Å². The molecular formula is C6H5ClN2O3. The minimum Gasteiger partial charge on any atom is -0.501 e. The lowest BCUT2D eigenvalue weighted by atomic mass is 10.2. The van der Waals surface area contributed by atoms with Gasteiger partial charge in [-0.05, 0) is 0 Å². The smallest absolute Gasteiger partial charge is 0.318 e. The highest BCUT2D eigenvalue weighted by Crippen LogP contribution is 2.28. The molecule has 0 saturated heterocycles. The molecule has 1 aromatic rings. The van der Waals surface area contributed by atoms with Crippen LogP contribution in [-0.2, 0) is 5.88 Å². The molecule has 0 fully saturated rings. The molecule has 0 amide bonds. The fourth-order valence-electron chi connectivity index (χ4n) is 0.793. The molecule has 1 aromatic heterocycles. The lowest BCUT2D eigenvalue weighted by molar-refractivity contribution is -0.386. The van der Waals surface area contributed by atoms with Gasteiger partial charge in [0.05, 0.1) is 22.6 Å². The van der Waals surface area contributed by atoms with Crippen LogP contribution in [0.4, 0.5) is 5.69 Å². The molecule has 6 heteroatoms. The molecule has 0 unspecified atom stereocenters. The summed E-state index contributed by atoms with van der Waals surface area (Å²) in [6, 6.07) is 0. The maximum atomic E-state index is 10.4. The minimum atomic E-state index is -0.686. The average Bonchev–Trinajstić information content (AvgIpc) is 2.03. The third-order valence-electron chi connectivity index (χ3n) is 1.30. The lowest BCUT2D eigenvalue weighted by Crippen LogP contribution is -1.94. The Morgan fingerprint density at radius 3 is 2.75 bits per heavy atom. The predicted molar refractivity (Wildman–Crippen MR) is 42.1 cm³/mol. The van der Waals surface area contributed by atoms with Crippen LogP contribution in [0.5, 0.6) is 5.75 Å². The second kappa shape index (κ2) is 3.36. The molecule has 64 valence electrons. The maximum absolute atomic E-state index is 10.4. The first-order valence-electron chi connectivity index (χ1n) is 3.03. The molecule has 0 aliphatic carbocycles. The highest BCUT2D eigenvalue weighted by Gasteiger charge is 2.18. The van der Waals surface area contributed by atoms with Crippen molar-refractivity contribution in [2.24, 2.45) is 0 Å². The summed E-state index contributed by atoms with van der Waals surface area (Å²) in [4.78, 5) is 13.2. The first-order chi connectivity index (χ1) is 5.66. The SMILES string of the molecule is O=[N+]([O-])c1c(O)cncc1CCl. The van der Waals surface area contributed by atoms with Gasteiger partial charge in [-0.15, -0.1) is 11.6 Å². The van der Waals surface area contributed by atoms with Crippen molar-refractivity contribution in [3.05, 3.63) is 28.1 Å². The van der Waals surface area contributed by atoms with Crippen LogP contribution in [0, 0.1) is 10.1 Å². The van der Waals surface area contributed by atoms with Crippen LogP contribution in [0.15, 0.2) is 12.4 Å². The van der Waals surface area contributed by atoms with Gasteiger partial charge < -0.3 is 5.11 Å². The minimum absolute atomic E-state index is 0.0439. The van der Waals surface area contributed by atoms with Crippen molar-refractivity contribution in [1.82, 2.24) is 4.98 Å². The molecular weight excluding hydrogens is 184 g/mol. The van der Waals surface area contributed by atoms with Crippen molar-refractivity contribution in [2.45, 2.75) is 5.88 Å². The van der Waals surface area contributed by atoms with Crippen molar-refractivity contribution in [1.29, 1.82) is 0 Å². The molecule has 1 rings (SSSR count). The van der Waals surface area contributed by atoms with E-state index in [1.54, 1.807) is 0 Å². The van der Waals surface area contributed by atoms with Gasteiger partial charge in [-0.2, -0.15) is 0 Å². The first-order valence-corrected chi connectivity index (χ1v) is 3.56. The molecule has 0 aromatic carbocycles. The quantitative estimate of drug-likeness (QED) is 0.433. The van der Waals surface area contributed by atoms with E-state index >= 15 is 0 Å². The van der Waals surface area contributed by atoms with Crippen LogP contribution in [0.1, 0.15) is 5.56 Å². The second-order valence-corrected chi connectivity index (χ2v) is 2.32. The zero-order chi connectivity index (χ0) is 9.14. The number of hydrogen-bond acceptors (Lipinski definition) is 4. The van der Waals surface area contributed by atoms with Gasteiger partial charge in [0.2, 0.25) is 5.75 Å². The van der Waals surface area contributed by atoms with Gasteiger partial charge >= 0.3 is 5.69 Å². The van der Waals surface area contributed by atoms with E-state index in [4.69, 9.17) is 16.7 Å². The van der Waals surface area contributed by atoms with E-state index in [0.29, 0.717) is 0 Å². The largest absolute Gasteiger partial charge is 0.501 e. The van der Waals surface area contributed by atoms with E-state index in [1.807, 2.05) is 0 Å². The Balaban J connectivity index is 3.29. The van der Waals surface area contributed by atoms with Crippen molar-refractivity contribution < 1.29 is 10.0 Å². The number of rotatable bonds is 2. The summed E-state index contributed by atoms with van der Waals surface area (Å²) in [6.07, 6.45) is 2.26. The van der Waals surface area contributed by atoms with Gasteiger partial charge in [0.25, 0.3) is 0 Å². The summed E-state index contributed by atoms with van der Waals surface area (Å²) in [5.41, 5.74) is -0.165. The number of halogens is 1. The molecule has 1 N–H and O–H groups in total. The summed E-state index contributed by atoms with van der Waals surface area (Å²) >= 11 is 5.39. The van der Waals surface area contributed by atoms with Crippen LogP contribution in [0.25, 0.3) is 0 Å². The summed E-state index contributed by atoms with van der Waals surface area (Å²) in [6.45, 7) is 0. The Morgan fingerprint density at radius 2 is 2.33 bits per heavy atom. The zero-order valence-corrected chi connectivity index (χ0v) is 6.65. The number of alkyl halides is 1. The van der Waals surface area contributed by atoms with Gasteiger partial charge in [0, 0.05) is 6.20 Å². The number of nitrogens with zero attached hydrogens (tertiary/aromatic N) is 2. The molecule has 0 atom stereocenters. The van der Waals surface area contributed by atoms with Crippen molar-refractivity contribution in [3.8, 4) is 5.75 Å². The Labute approximate surface area is 72.8 Å². The van der Waals surface area contributed by atoms with Crippen LogP contribution >= 0.6 is 11.6 Å². The number of pyridine rings is 1. The van der Waals surface area contributed by atoms with E-state index in [0.717, 1.165) is 6.20 Å². The predicted octanol–water partition coefficient (Wildman–Crippen LogP) is 1.43. The third kappa shape index (κ3) is 1.45. The van der Waals surface area contributed by atoms with Gasteiger partial charge in [-0.3, -0.25) is 15.1 Å². The molecule has 0 saturated carbocycles. The molecule has 12 heavy (non-hydrogen) atoms. The highest BCUT2D eigenvalue weighted by atomic mass is 35.5. The van der Waals surface area contributed by atoms with Crippen molar-refractivity contribution in [2.75, 3.05) is 0 Å². The molecule has 0 aliphatic heterocycles. The van der Waals surface area contributed by atoms with Crippen LogP contribution in [-0.4, -0.2) is 15.0 Å². The first kappa shape index (κ1) is 8.73. The summed E-state index contributed by atoms with van der Waals surface area (Å²) in [5, 5.41) is 19.4. The fourth-order valence-corrected chi connectivity index (χ4v) is 0.989.